The highest BCUT2D eigenvalue weighted by atomic mass is 35.5. The average molecular weight is 281 g/mol. The lowest BCUT2D eigenvalue weighted by Crippen LogP contribution is -2.54. The molecule has 1 unspecified atom stereocenters. The molecule has 1 amide bonds. The van der Waals surface area contributed by atoms with Crippen molar-refractivity contribution in [2.75, 3.05) is 0 Å². The van der Waals surface area contributed by atoms with Crippen LogP contribution in [0.3, 0.4) is 0 Å². The molecule has 0 aromatic heterocycles. The molecule has 0 spiro atoms. The normalized spacial score (nSPS) is 19.1. The summed E-state index contributed by atoms with van der Waals surface area (Å²) in [5.41, 5.74) is 6.65. The minimum absolute atomic E-state index is 0.00790. The second-order valence-electron chi connectivity index (χ2n) is 5.57. The van der Waals surface area contributed by atoms with Crippen molar-refractivity contribution >= 4 is 17.5 Å². The minimum atomic E-state index is -0.645. The van der Waals surface area contributed by atoms with E-state index in [1.807, 2.05) is 31.2 Å². The van der Waals surface area contributed by atoms with E-state index in [4.69, 9.17) is 17.3 Å². The predicted molar refractivity (Wildman–Crippen MR) is 78.1 cm³/mol. The Balaban J connectivity index is 1.88. The van der Waals surface area contributed by atoms with Crippen molar-refractivity contribution in [1.29, 1.82) is 0 Å². The standard InChI is InChI=1S/C15H21ClN2O/c1-11(10-12-4-6-13(16)7-5-12)18-14(19)15(17)8-2-3-9-15/h4-7,11H,2-3,8-10,17H2,1H3,(H,18,19). The summed E-state index contributed by atoms with van der Waals surface area (Å²) in [6.07, 6.45) is 4.49. The first kappa shape index (κ1) is 14.4. The molecule has 104 valence electrons. The Hall–Kier alpha value is -1.06. The van der Waals surface area contributed by atoms with E-state index in [0.717, 1.165) is 42.7 Å². The second-order valence-corrected chi connectivity index (χ2v) is 6.00. The van der Waals surface area contributed by atoms with Crippen molar-refractivity contribution in [2.45, 2.75) is 50.6 Å². The van der Waals surface area contributed by atoms with Crippen LogP contribution >= 0.6 is 11.6 Å². The maximum absolute atomic E-state index is 12.2. The van der Waals surface area contributed by atoms with Crippen LogP contribution in [0.25, 0.3) is 0 Å². The topological polar surface area (TPSA) is 55.1 Å². The molecule has 1 saturated carbocycles. The van der Waals surface area contributed by atoms with Crippen molar-refractivity contribution < 1.29 is 4.79 Å². The van der Waals surface area contributed by atoms with E-state index in [9.17, 15) is 4.79 Å². The fraction of sp³-hybridized carbons (Fsp3) is 0.533. The van der Waals surface area contributed by atoms with Crippen LogP contribution in [0.1, 0.15) is 38.2 Å². The van der Waals surface area contributed by atoms with Crippen LogP contribution in [0.2, 0.25) is 5.02 Å². The zero-order valence-corrected chi connectivity index (χ0v) is 12.0. The van der Waals surface area contributed by atoms with Gasteiger partial charge < -0.3 is 11.1 Å². The number of hydrogen-bond acceptors (Lipinski definition) is 2. The van der Waals surface area contributed by atoms with Gasteiger partial charge in [-0.2, -0.15) is 0 Å². The lowest BCUT2D eigenvalue weighted by molar-refractivity contribution is -0.126. The molecule has 0 radical (unpaired) electrons. The van der Waals surface area contributed by atoms with E-state index in [-0.39, 0.29) is 11.9 Å². The summed E-state index contributed by atoms with van der Waals surface area (Å²) in [6, 6.07) is 7.78. The van der Waals surface area contributed by atoms with E-state index in [0.29, 0.717) is 0 Å². The number of carbonyl (C=O) groups is 1. The maximum Gasteiger partial charge on any atom is 0.240 e. The first-order chi connectivity index (χ1) is 8.99. The van der Waals surface area contributed by atoms with Gasteiger partial charge in [0.05, 0.1) is 5.54 Å². The third kappa shape index (κ3) is 3.71. The van der Waals surface area contributed by atoms with Gasteiger partial charge in [-0.05, 0) is 43.9 Å². The number of carbonyl (C=O) groups excluding carboxylic acids is 1. The number of hydrogen-bond donors (Lipinski definition) is 2. The monoisotopic (exact) mass is 280 g/mol. The highest BCUT2D eigenvalue weighted by molar-refractivity contribution is 6.30. The van der Waals surface area contributed by atoms with Gasteiger partial charge >= 0.3 is 0 Å². The summed E-state index contributed by atoms with van der Waals surface area (Å²) >= 11 is 5.85. The summed E-state index contributed by atoms with van der Waals surface area (Å²) in [4.78, 5) is 12.2. The van der Waals surface area contributed by atoms with Crippen LogP contribution in [-0.4, -0.2) is 17.5 Å². The smallest absolute Gasteiger partial charge is 0.240 e. The predicted octanol–water partition coefficient (Wildman–Crippen LogP) is 2.66. The maximum atomic E-state index is 12.2. The van der Waals surface area contributed by atoms with Crippen LogP contribution in [0, 0.1) is 0 Å². The van der Waals surface area contributed by atoms with E-state index < -0.39 is 5.54 Å². The van der Waals surface area contributed by atoms with Gasteiger partial charge in [0.2, 0.25) is 5.91 Å². The van der Waals surface area contributed by atoms with E-state index in [1.165, 1.54) is 0 Å². The van der Waals surface area contributed by atoms with Gasteiger partial charge in [-0.25, -0.2) is 0 Å². The van der Waals surface area contributed by atoms with Crippen LogP contribution in [0.4, 0.5) is 0 Å². The number of amides is 1. The molecule has 0 aliphatic heterocycles. The van der Waals surface area contributed by atoms with Crippen LogP contribution in [0.15, 0.2) is 24.3 Å². The Bertz CT molecular complexity index is 438. The van der Waals surface area contributed by atoms with E-state index in [1.54, 1.807) is 0 Å². The first-order valence-corrected chi connectivity index (χ1v) is 7.22. The molecule has 1 atom stereocenters. The summed E-state index contributed by atoms with van der Waals surface area (Å²) in [7, 11) is 0. The molecule has 1 aliphatic rings. The zero-order valence-electron chi connectivity index (χ0n) is 11.3. The Kier molecular flexibility index (Phi) is 4.48. The third-order valence-corrected chi connectivity index (χ3v) is 4.03. The molecular weight excluding hydrogens is 260 g/mol. The molecule has 0 bridgehead atoms. The Morgan fingerprint density at radius 2 is 1.95 bits per heavy atom. The van der Waals surface area contributed by atoms with E-state index in [2.05, 4.69) is 5.32 Å². The Morgan fingerprint density at radius 1 is 1.37 bits per heavy atom. The number of nitrogens with two attached hydrogens (primary N) is 1. The van der Waals surface area contributed by atoms with Gasteiger partial charge in [-0.15, -0.1) is 0 Å². The van der Waals surface area contributed by atoms with Gasteiger partial charge in [-0.1, -0.05) is 36.6 Å². The van der Waals surface area contributed by atoms with Crippen molar-refractivity contribution in [3.8, 4) is 0 Å². The van der Waals surface area contributed by atoms with Gasteiger partial charge in [0.15, 0.2) is 0 Å². The molecule has 0 saturated heterocycles. The molecule has 0 heterocycles. The van der Waals surface area contributed by atoms with Crippen LogP contribution in [0.5, 0.6) is 0 Å². The van der Waals surface area contributed by atoms with Gasteiger partial charge in [0.1, 0.15) is 0 Å². The molecular formula is C15H21ClN2O. The van der Waals surface area contributed by atoms with Crippen molar-refractivity contribution in [3.63, 3.8) is 0 Å². The number of halogens is 1. The average Bonchev–Trinajstić information content (AvgIpc) is 2.80. The fourth-order valence-corrected chi connectivity index (χ4v) is 2.75. The molecule has 1 fully saturated rings. The molecule has 2 rings (SSSR count). The second kappa shape index (κ2) is 5.93. The highest BCUT2D eigenvalue weighted by Gasteiger charge is 2.37. The molecule has 19 heavy (non-hydrogen) atoms. The van der Waals surface area contributed by atoms with Gasteiger partial charge in [0.25, 0.3) is 0 Å². The number of benzene rings is 1. The quantitative estimate of drug-likeness (QED) is 0.891. The lowest BCUT2D eigenvalue weighted by Gasteiger charge is -2.25. The molecule has 1 aliphatic carbocycles. The fourth-order valence-electron chi connectivity index (χ4n) is 2.63. The van der Waals surface area contributed by atoms with E-state index >= 15 is 0 Å². The van der Waals surface area contributed by atoms with Crippen molar-refractivity contribution in [1.82, 2.24) is 5.32 Å². The largest absolute Gasteiger partial charge is 0.352 e. The molecule has 3 nitrogen and oxygen atoms in total. The molecule has 3 N–H and O–H groups in total. The number of nitrogens with one attached hydrogen (secondary N) is 1. The van der Waals surface area contributed by atoms with Gasteiger partial charge in [0, 0.05) is 11.1 Å². The Morgan fingerprint density at radius 3 is 2.53 bits per heavy atom. The first-order valence-electron chi connectivity index (χ1n) is 6.84. The highest BCUT2D eigenvalue weighted by Crippen LogP contribution is 2.27. The van der Waals surface area contributed by atoms with Crippen molar-refractivity contribution in [3.05, 3.63) is 34.9 Å². The SMILES string of the molecule is CC(Cc1ccc(Cl)cc1)NC(=O)C1(N)CCCC1. The van der Waals surface area contributed by atoms with Gasteiger partial charge in [-0.3, -0.25) is 4.79 Å². The summed E-state index contributed by atoms with van der Waals surface area (Å²) < 4.78 is 0. The lowest BCUT2D eigenvalue weighted by atomic mass is 9.97. The molecule has 1 aromatic rings. The summed E-state index contributed by atoms with van der Waals surface area (Å²) in [6.45, 7) is 2.00. The Labute approximate surface area is 119 Å². The molecule has 4 heteroatoms. The third-order valence-electron chi connectivity index (χ3n) is 3.78. The number of rotatable bonds is 4. The minimum Gasteiger partial charge on any atom is -0.352 e. The summed E-state index contributed by atoms with van der Waals surface area (Å²) in [5, 5.41) is 3.76. The van der Waals surface area contributed by atoms with Crippen molar-refractivity contribution in [2.24, 2.45) is 5.73 Å². The molecule has 1 aromatic carbocycles. The summed E-state index contributed by atoms with van der Waals surface area (Å²) in [5.74, 6) is -0.00790. The zero-order chi connectivity index (χ0) is 13.9. The van der Waals surface area contributed by atoms with Crippen LogP contribution < -0.4 is 11.1 Å². The van der Waals surface area contributed by atoms with Crippen LogP contribution in [-0.2, 0) is 11.2 Å².